The third-order valence-corrected chi connectivity index (χ3v) is 5.10. The van der Waals surface area contributed by atoms with Crippen molar-refractivity contribution >= 4 is 17.5 Å². The van der Waals surface area contributed by atoms with Gasteiger partial charge in [-0.2, -0.15) is 0 Å². The van der Waals surface area contributed by atoms with Crippen LogP contribution in [0.25, 0.3) is 0 Å². The quantitative estimate of drug-likeness (QED) is 0.930. The summed E-state index contributed by atoms with van der Waals surface area (Å²) in [5.74, 6) is -0.240. The van der Waals surface area contributed by atoms with Gasteiger partial charge in [-0.05, 0) is 29.7 Å². The number of hydrogen-bond donors (Lipinski definition) is 1. The van der Waals surface area contributed by atoms with Crippen LogP contribution in [0.3, 0.4) is 0 Å². The Labute approximate surface area is 146 Å². The fourth-order valence-corrected chi connectivity index (χ4v) is 3.76. The Morgan fingerprint density at radius 2 is 1.88 bits per heavy atom. The largest absolute Gasteiger partial charge is 0.396 e. The number of aliphatic hydroxyl groups is 1. The van der Waals surface area contributed by atoms with E-state index in [2.05, 4.69) is 0 Å². The predicted molar refractivity (Wildman–Crippen MR) is 94.7 cm³/mol. The molecule has 2 aliphatic rings. The molecule has 25 heavy (non-hydrogen) atoms. The Hall–Kier alpha value is -2.66. The van der Waals surface area contributed by atoms with Crippen LogP contribution in [0.5, 0.6) is 0 Å². The molecule has 1 atom stereocenters. The van der Waals surface area contributed by atoms with Gasteiger partial charge in [0.05, 0.1) is 6.61 Å². The molecule has 2 heterocycles. The number of carbonyl (C=O) groups is 2. The van der Waals surface area contributed by atoms with Crippen molar-refractivity contribution in [2.75, 3.05) is 31.1 Å². The first-order valence-corrected chi connectivity index (χ1v) is 8.56. The third kappa shape index (κ3) is 2.70. The maximum atomic E-state index is 12.8. The highest BCUT2D eigenvalue weighted by molar-refractivity contribution is 6.02. The third-order valence-electron chi connectivity index (χ3n) is 5.10. The van der Waals surface area contributed by atoms with Gasteiger partial charge in [0.15, 0.2) is 0 Å². The van der Waals surface area contributed by atoms with Crippen molar-refractivity contribution in [3.05, 3.63) is 65.2 Å². The minimum absolute atomic E-state index is 0.0107. The summed E-state index contributed by atoms with van der Waals surface area (Å²) in [6.07, 6.45) is 0.769. The van der Waals surface area contributed by atoms with Gasteiger partial charge in [-0.25, -0.2) is 0 Å². The topological polar surface area (TPSA) is 60.9 Å². The summed E-state index contributed by atoms with van der Waals surface area (Å²) in [5, 5.41) is 9.58. The number of benzene rings is 2. The van der Waals surface area contributed by atoms with Crippen LogP contribution in [0.15, 0.2) is 48.5 Å². The summed E-state index contributed by atoms with van der Waals surface area (Å²) in [4.78, 5) is 28.8. The summed E-state index contributed by atoms with van der Waals surface area (Å²) in [6, 6.07) is 15.2. The number of fused-ring (bicyclic) bond motifs is 2. The molecule has 4 rings (SSSR count). The molecule has 2 aliphatic heterocycles. The average Bonchev–Trinajstić information content (AvgIpc) is 3.03. The van der Waals surface area contributed by atoms with E-state index < -0.39 is 0 Å². The lowest BCUT2D eigenvalue weighted by Crippen LogP contribution is -2.45. The van der Waals surface area contributed by atoms with Crippen molar-refractivity contribution in [1.82, 2.24) is 4.90 Å². The molecule has 0 saturated carbocycles. The fraction of sp³-hybridized carbons (Fsp3) is 0.300. The molecule has 0 aromatic heterocycles. The fourth-order valence-electron chi connectivity index (χ4n) is 3.76. The molecule has 5 nitrogen and oxygen atoms in total. The van der Waals surface area contributed by atoms with Gasteiger partial charge in [0.25, 0.3) is 5.91 Å². The van der Waals surface area contributed by atoms with Gasteiger partial charge in [0, 0.05) is 30.3 Å². The highest BCUT2D eigenvalue weighted by Gasteiger charge is 2.34. The molecule has 5 heteroatoms. The first-order chi connectivity index (χ1) is 12.2. The Kier molecular flexibility index (Phi) is 4.01. The second-order valence-corrected chi connectivity index (χ2v) is 6.58. The lowest BCUT2D eigenvalue weighted by atomic mass is 9.99. The van der Waals surface area contributed by atoms with Gasteiger partial charge in [0.2, 0.25) is 5.91 Å². The number of nitrogens with zero attached hydrogens (tertiary/aromatic N) is 2. The van der Waals surface area contributed by atoms with E-state index in [1.165, 1.54) is 0 Å². The van der Waals surface area contributed by atoms with E-state index >= 15 is 0 Å². The Bertz CT molecular complexity index is 833. The van der Waals surface area contributed by atoms with Crippen LogP contribution in [-0.2, 0) is 11.2 Å². The van der Waals surface area contributed by atoms with E-state index in [1.807, 2.05) is 48.5 Å². The van der Waals surface area contributed by atoms with Gasteiger partial charge in [-0.15, -0.1) is 0 Å². The first-order valence-electron chi connectivity index (χ1n) is 8.56. The molecule has 0 aliphatic carbocycles. The molecular weight excluding hydrogens is 316 g/mol. The molecule has 0 bridgehead atoms. The monoisotopic (exact) mass is 336 g/mol. The maximum Gasteiger partial charge on any atom is 0.254 e. The highest BCUT2D eigenvalue weighted by atomic mass is 16.3. The van der Waals surface area contributed by atoms with Crippen molar-refractivity contribution in [3.8, 4) is 0 Å². The molecule has 1 N–H and O–H groups in total. The molecule has 1 unspecified atom stereocenters. The van der Waals surface area contributed by atoms with Crippen molar-refractivity contribution in [2.24, 2.45) is 0 Å². The number of aliphatic hydroxyl groups excluding tert-OH is 1. The van der Waals surface area contributed by atoms with E-state index in [4.69, 9.17) is 0 Å². The van der Waals surface area contributed by atoms with Crippen molar-refractivity contribution in [3.63, 3.8) is 0 Å². The number of rotatable bonds is 3. The zero-order valence-corrected chi connectivity index (χ0v) is 13.9. The number of para-hydroxylation sites is 1. The Balaban J connectivity index is 1.53. The van der Waals surface area contributed by atoms with E-state index in [0.29, 0.717) is 18.7 Å². The molecule has 0 saturated heterocycles. The van der Waals surface area contributed by atoms with Gasteiger partial charge in [0.1, 0.15) is 6.54 Å². The summed E-state index contributed by atoms with van der Waals surface area (Å²) >= 11 is 0. The van der Waals surface area contributed by atoms with Crippen LogP contribution >= 0.6 is 0 Å². The number of hydrogen-bond acceptors (Lipinski definition) is 3. The van der Waals surface area contributed by atoms with Crippen LogP contribution in [0.4, 0.5) is 5.69 Å². The molecule has 0 fully saturated rings. The molecule has 2 aromatic rings. The van der Waals surface area contributed by atoms with E-state index in [-0.39, 0.29) is 30.9 Å². The van der Waals surface area contributed by atoms with Crippen LogP contribution in [0.2, 0.25) is 0 Å². The van der Waals surface area contributed by atoms with Crippen molar-refractivity contribution in [2.45, 2.75) is 12.3 Å². The Morgan fingerprint density at radius 3 is 2.72 bits per heavy atom. The zero-order valence-electron chi connectivity index (χ0n) is 13.9. The predicted octanol–water partition coefficient (Wildman–Crippen LogP) is 1.81. The summed E-state index contributed by atoms with van der Waals surface area (Å²) < 4.78 is 0. The number of anilines is 1. The van der Waals surface area contributed by atoms with Crippen molar-refractivity contribution < 1.29 is 14.7 Å². The first kappa shape index (κ1) is 15.8. The van der Waals surface area contributed by atoms with Gasteiger partial charge in [-0.1, -0.05) is 36.4 Å². The SMILES string of the molecule is O=C1c2ccccc2CCN1CC(=O)N1CC(CO)c2ccccc21. The standard InChI is InChI=1S/C20H20N2O3/c23-13-15-11-22(18-8-4-3-6-16(15)18)19(24)12-21-10-9-14-5-1-2-7-17(14)20(21)25/h1-8,15,23H,9-13H2. The number of carbonyl (C=O) groups excluding carboxylic acids is 2. The minimum Gasteiger partial charge on any atom is -0.396 e. The highest BCUT2D eigenvalue weighted by Crippen LogP contribution is 2.35. The molecule has 0 spiro atoms. The summed E-state index contributed by atoms with van der Waals surface area (Å²) in [5.41, 5.74) is 3.57. The minimum atomic E-state index is -0.101. The number of amides is 2. The molecular formula is C20H20N2O3. The van der Waals surface area contributed by atoms with Gasteiger partial charge >= 0.3 is 0 Å². The van der Waals surface area contributed by atoms with Crippen LogP contribution in [0.1, 0.15) is 27.4 Å². The second-order valence-electron chi connectivity index (χ2n) is 6.58. The molecule has 128 valence electrons. The maximum absolute atomic E-state index is 12.8. The zero-order chi connectivity index (χ0) is 17.4. The van der Waals surface area contributed by atoms with Gasteiger partial charge in [-0.3, -0.25) is 9.59 Å². The average molecular weight is 336 g/mol. The van der Waals surface area contributed by atoms with E-state index in [9.17, 15) is 14.7 Å². The van der Waals surface area contributed by atoms with E-state index in [1.54, 1.807) is 9.80 Å². The molecule has 0 radical (unpaired) electrons. The molecule has 2 amide bonds. The van der Waals surface area contributed by atoms with Crippen LogP contribution in [0, 0.1) is 0 Å². The summed E-state index contributed by atoms with van der Waals surface area (Å²) in [6.45, 7) is 1.10. The van der Waals surface area contributed by atoms with E-state index in [0.717, 1.165) is 23.2 Å². The van der Waals surface area contributed by atoms with Gasteiger partial charge < -0.3 is 14.9 Å². The second kappa shape index (κ2) is 6.33. The molecule has 2 aromatic carbocycles. The Morgan fingerprint density at radius 1 is 1.12 bits per heavy atom. The lowest BCUT2D eigenvalue weighted by Gasteiger charge is -2.29. The van der Waals surface area contributed by atoms with Crippen LogP contribution < -0.4 is 4.90 Å². The summed E-state index contributed by atoms with van der Waals surface area (Å²) in [7, 11) is 0. The van der Waals surface area contributed by atoms with Crippen LogP contribution in [-0.4, -0.2) is 48.1 Å². The normalized spacial score (nSPS) is 18.9. The smallest absolute Gasteiger partial charge is 0.254 e. The lowest BCUT2D eigenvalue weighted by molar-refractivity contribution is -0.119. The van der Waals surface area contributed by atoms with Crippen molar-refractivity contribution in [1.29, 1.82) is 0 Å².